The Kier molecular flexibility index (Phi) is 7.03. The van der Waals surface area contributed by atoms with Gasteiger partial charge in [0.15, 0.2) is 0 Å². The molecule has 5 heteroatoms. The topological polar surface area (TPSA) is 45.5 Å². The van der Waals surface area contributed by atoms with E-state index in [0.29, 0.717) is 6.54 Å². The first kappa shape index (κ1) is 24.0. The van der Waals surface area contributed by atoms with E-state index in [9.17, 15) is 9.90 Å². The van der Waals surface area contributed by atoms with Gasteiger partial charge in [-0.25, -0.2) is 0 Å². The molecule has 182 valence electrons. The number of aromatic nitrogens is 1. The van der Waals surface area contributed by atoms with E-state index in [1.54, 1.807) is 17.4 Å². The SMILES string of the molecule is CCN(CC)c1ccc(-c2cc3c(s2)c(-c2ccccc2)cc(=O)n3Cc2ccc(CO)cc2)cc1. The van der Waals surface area contributed by atoms with E-state index < -0.39 is 0 Å². The normalized spacial score (nSPS) is 11.2. The second kappa shape index (κ2) is 10.5. The maximum Gasteiger partial charge on any atom is 0.252 e. The summed E-state index contributed by atoms with van der Waals surface area (Å²) in [5, 5.41) is 9.37. The number of fused-ring (bicyclic) bond motifs is 1. The van der Waals surface area contributed by atoms with E-state index in [-0.39, 0.29) is 12.2 Å². The van der Waals surface area contributed by atoms with Crippen molar-refractivity contribution in [1.82, 2.24) is 4.57 Å². The third kappa shape index (κ3) is 4.72. The van der Waals surface area contributed by atoms with Gasteiger partial charge in [-0.15, -0.1) is 11.3 Å². The van der Waals surface area contributed by atoms with Crippen molar-refractivity contribution in [2.45, 2.75) is 27.0 Å². The van der Waals surface area contributed by atoms with E-state index in [1.807, 2.05) is 47.0 Å². The highest BCUT2D eigenvalue weighted by Crippen LogP contribution is 2.39. The zero-order chi connectivity index (χ0) is 25.1. The summed E-state index contributed by atoms with van der Waals surface area (Å²) in [6.07, 6.45) is 0. The molecule has 0 unspecified atom stereocenters. The summed E-state index contributed by atoms with van der Waals surface area (Å²) in [7, 11) is 0. The Morgan fingerprint density at radius 3 is 2.11 bits per heavy atom. The highest BCUT2D eigenvalue weighted by atomic mass is 32.1. The van der Waals surface area contributed by atoms with Crippen molar-refractivity contribution in [3.05, 3.63) is 112 Å². The number of benzene rings is 3. The molecule has 36 heavy (non-hydrogen) atoms. The standard InChI is InChI=1S/C31H30N2O2S/c1-3-32(4-2)26-16-14-25(15-17-26)29-19-28-31(36-29)27(24-8-6-5-7-9-24)18-30(35)33(28)20-22-10-12-23(21-34)13-11-22/h5-19,34H,3-4,20-21H2,1-2H3. The molecule has 0 saturated carbocycles. The number of thiophene rings is 1. The second-order valence-corrected chi connectivity index (χ2v) is 9.92. The maximum atomic E-state index is 13.4. The predicted octanol–water partition coefficient (Wildman–Crippen LogP) is 6.78. The van der Waals surface area contributed by atoms with Crippen molar-refractivity contribution in [2.24, 2.45) is 0 Å². The number of hydrogen-bond acceptors (Lipinski definition) is 4. The number of pyridine rings is 1. The molecule has 3 aromatic carbocycles. The summed E-state index contributed by atoms with van der Waals surface area (Å²) in [4.78, 5) is 16.9. The van der Waals surface area contributed by atoms with E-state index in [1.165, 1.54) is 5.69 Å². The third-order valence-electron chi connectivity index (χ3n) is 6.69. The summed E-state index contributed by atoms with van der Waals surface area (Å²) in [5.41, 5.74) is 7.20. The quantitative estimate of drug-likeness (QED) is 0.258. The largest absolute Gasteiger partial charge is 0.392 e. The van der Waals surface area contributed by atoms with Gasteiger partial charge in [-0.1, -0.05) is 66.7 Å². The van der Waals surface area contributed by atoms with Crippen LogP contribution in [0.3, 0.4) is 0 Å². The van der Waals surface area contributed by atoms with Crippen LogP contribution in [0.15, 0.2) is 95.8 Å². The van der Waals surface area contributed by atoms with Crippen molar-refractivity contribution in [1.29, 1.82) is 0 Å². The lowest BCUT2D eigenvalue weighted by Gasteiger charge is -2.21. The van der Waals surface area contributed by atoms with Gasteiger partial charge in [-0.2, -0.15) is 0 Å². The number of anilines is 1. The van der Waals surface area contributed by atoms with Crippen molar-refractivity contribution in [2.75, 3.05) is 18.0 Å². The third-order valence-corrected chi connectivity index (χ3v) is 7.90. The summed E-state index contributed by atoms with van der Waals surface area (Å²) in [5.74, 6) is 0. The molecular formula is C31H30N2O2S. The average molecular weight is 495 g/mol. The number of aliphatic hydroxyl groups is 1. The smallest absolute Gasteiger partial charge is 0.252 e. The Labute approximate surface area is 215 Å². The van der Waals surface area contributed by atoms with Gasteiger partial charge in [0, 0.05) is 35.3 Å². The van der Waals surface area contributed by atoms with Crippen LogP contribution in [0, 0.1) is 0 Å². The van der Waals surface area contributed by atoms with Gasteiger partial charge in [-0.05, 0) is 54.3 Å². The van der Waals surface area contributed by atoms with Crippen LogP contribution in [0.1, 0.15) is 25.0 Å². The highest BCUT2D eigenvalue weighted by Gasteiger charge is 2.16. The van der Waals surface area contributed by atoms with Crippen LogP contribution < -0.4 is 10.5 Å². The molecule has 0 bridgehead atoms. The lowest BCUT2D eigenvalue weighted by Crippen LogP contribution is -2.21. The lowest BCUT2D eigenvalue weighted by atomic mass is 10.1. The monoisotopic (exact) mass is 494 g/mol. The Bertz CT molecular complexity index is 1510. The van der Waals surface area contributed by atoms with Crippen LogP contribution in [0.5, 0.6) is 0 Å². The first-order chi connectivity index (χ1) is 17.6. The van der Waals surface area contributed by atoms with Crippen LogP contribution in [-0.4, -0.2) is 22.8 Å². The molecule has 0 aliphatic carbocycles. The molecule has 2 aromatic heterocycles. The summed E-state index contributed by atoms with van der Waals surface area (Å²) >= 11 is 1.73. The van der Waals surface area contributed by atoms with Crippen molar-refractivity contribution >= 4 is 27.2 Å². The Morgan fingerprint density at radius 1 is 0.806 bits per heavy atom. The molecule has 0 aliphatic rings. The molecule has 1 N–H and O–H groups in total. The fraction of sp³-hybridized carbons (Fsp3) is 0.194. The summed E-state index contributed by atoms with van der Waals surface area (Å²) < 4.78 is 2.97. The number of nitrogens with zero attached hydrogens (tertiary/aromatic N) is 2. The molecule has 0 radical (unpaired) electrons. The minimum absolute atomic E-state index is 0.0111. The lowest BCUT2D eigenvalue weighted by molar-refractivity contribution is 0.282. The first-order valence-electron chi connectivity index (χ1n) is 12.4. The molecule has 0 atom stereocenters. The van der Waals surface area contributed by atoms with E-state index in [2.05, 4.69) is 61.2 Å². The van der Waals surface area contributed by atoms with Crippen LogP contribution in [-0.2, 0) is 13.2 Å². The van der Waals surface area contributed by atoms with Gasteiger partial charge in [0.1, 0.15) is 0 Å². The summed E-state index contributed by atoms with van der Waals surface area (Å²) in [6.45, 7) is 6.79. The van der Waals surface area contributed by atoms with Crippen molar-refractivity contribution < 1.29 is 5.11 Å². The van der Waals surface area contributed by atoms with Crippen LogP contribution in [0.4, 0.5) is 5.69 Å². The molecule has 2 heterocycles. The van der Waals surface area contributed by atoms with E-state index in [4.69, 9.17) is 0 Å². The molecule has 5 aromatic rings. The zero-order valence-electron chi connectivity index (χ0n) is 20.6. The molecule has 4 nitrogen and oxygen atoms in total. The number of aliphatic hydroxyl groups excluding tert-OH is 1. The second-order valence-electron chi connectivity index (χ2n) is 8.87. The van der Waals surface area contributed by atoms with Crippen LogP contribution >= 0.6 is 11.3 Å². The molecule has 0 aliphatic heterocycles. The van der Waals surface area contributed by atoms with Crippen molar-refractivity contribution in [3.63, 3.8) is 0 Å². The van der Waals surface area contributed by atoms with Gasteiger partial charge in [-0.3, -0.25) is 4.79 Å². The molecule has 0 spiro atoms. The molecular weight excluding hydrogens is 464 g/mol. The van der Waals surface area contributed by atoms with Gasteiger partial charge in [0.25, 0.3) is 5.56 Å². The van der Waals surface area contributed by atoms with E-state index in [0.717, 1.165) is 56.0 Å². The molecule has 0 amide bonds. The fourth-order valence-corrected chi connectivity index (χ4v) is 5.86. The van der Waals surface area contributed by atoms with Gasteiger partial charge >= 0.3 is 0 Å². The minimum Gasteiger partial charge on any atom is -0.392 e. The Morgan fingerprint density at radius 2 is 1.47 bits per heavy atom. The van der Waals surface area contributed by atoms with Gasteiger partial charge < -0.3 is 14.6 Å². The Balaban J connectivity index is 1.63. The number of rotatable bonds is 8. The van der Waals surface area contributed by atoms with E-state index >= 15 is 0 Å². The van der Waals surface area contributed by atoms with Gasteiger partial charge in [0.05, 0.1) is 23.4 Å². The average Bonchev–Trinajstić information content (AvgIpc) is 3.37. The maximum absolute atomic E-state index is 13.4. The Hall–Kier alpha value is -3.67. The molecule has 5 rings (SSSR count). The molecule has 0 fully saturated rings. The van der Waals surface area contributed by atoms with Gasteiger partial charge in [0.2, 0.25) is 0 Å². The van der Waals surface area contributed by atoms with Crippen molar-refractivity contribution in [3.8, 4) is 21.6 Å². The first-order valence-corrected chi connectivity index (χ1v) is 13.2. The zero-order valence-corrected chi connectivity index (χ0v) is 21.5. The fourth-order valence-electron chi connectivity index (χ4n) is 4.66. The highest BCUT2D eigenvalue weighted by molar-refractivity contribution is 7.22. The number of hydrogen-bond donors (Lipinski definition) is 1. The van der Waals surface area contributed by atoms with Crippen LogP contribution in [0.2, 0.25) is 0 Å². The summed E-state index contributed by atoms with van der Waals surface area (Å²) in [6, 6.07) is 30.6. The predicted molar refractivity (Wildman–Crippen MR) is 152 cm³/mol. The minimum atomic E-state index is -0.0196. The molecule has 0 saturated heterocycles. The van der Waals surface area contributed by atoms with Crippen LogP contribution in [0.25, 0.3) is 31.8 Å².